The Hall–Kier alpha value is -3.17. The van der Waals surface area contributed by atoms with Gasteiger partial charge in [-0.1, -0.05) is 18.2 Å². The molecule has 2 saturated heterocycles. The molecule has 2 aliphatic heterocycles. The number of nitrogens with zero attached hydrogens (tertiary/aromatic N) is 4. The highest BCUT2D eigenvalue weighted by Crippen LogP contribution is 2.35. The fourth-order valence-corrected chi connectivity index (χ4v) is 3.32. The summed E-state index contributed by atoms with van der Waals surface area (Å²) in [6, 6.07) is 11.7. The zero-order valence-corrected chi connectivity index (χ0v) is 14.6. The van der Waals surface area contributed by atoms with Crippen LogP contribution in [-0.2, 0) is 9.59 Å². The van der Waals surface area contributed by atoms with Crippen LogP contribution in [0.15, 0.2) is 48.8 Å². The molecule has 2 aliphatic rings. The third-order valence-electron chi connectivity index (χ3n) is 4.59. The van der Waals surface area contributed by atoms with Crippen molar-refractivity contribution in [3.63, 3.8) is 0 Å². The molecule has 4 rings (SSSR count). The third-order valence-corrected chi connectivity index (χ3v) is 4.59. The summed E-state index contributed by atoms with van der Waals surface area (Å²) in [4.78, 5) is 34.1. The zero-order chi connectivity index (χ0) is 20.3. The standard InChI is InChI=1S/C16H16N4O.C2HF3O2/c21-15-14-11-19(16-17-7-4-8-18-16)9-12(14)10-20(15)13-5-2-1-3-6-13;3-2(4,5)1(6)7/h1-8,12,14H,9-11H2;(H,6,7). The van der Waals surface area contributed by atoms with Crippen LogP contribution in [0, 0.1) is 11.8 Å². The minimum Gasteiger partial charge on any atom is -0.475 e. The molecule has 1 N–H and O–H groups in total. The van der Waals surface area contributed by atoms with Crippen molar-refractivity contribution >= 4 is 23.5 Å². The van der Waals surface area contributed by atoms with Crippen LogP contribution < -0.4 is 9.80 Å². The number of hydrogen-bond acceptors (Lipinski definition) is 5. The van der Waals surface area contributed by atoms with E-state index in [9.17, 15) is 18.0 Å². The van der Waals surface area contributed by atoms with Crippen LogP contribution in [0.1, 0.15) is 0 Å². The van der Waals surface area contributed by atoms with E-state index < -0.39 is 12.1 Å². The summed E-state index contributed by atoms with van der Waals surface area (Å²) >= 11 is 0. The number of halogens is 3. The Labute approximate surface area is 158 Å². The summed E-state index contributed by atoms with van der Waals surface area (Å²) in [5, 5.41) is 7.12. The maximum absolute atomic E-state index is 12.6. The molecule has 28 heavy (non-hydrogen) atoms. The average Bonchev–Trinajstić information content (AvgIpc) is 3.23. The molecule has 2 fully saturated rings. The molecule has 0 aliphatic carbocycles. The van der Waals surface area contributed by atoms with Gasteiger partial charge in [0.2, 0.25) is 11.9 Å². The van der Waals surface area contributed by atoms with Crippen LogP contribution in [0.3, 0.4) is 0 Å². The Morgan fingerprint density at radius 2 is 1.64 bits per heavy atom. The van der Waals surface area contributed by atoms with Gasteiger partial charge in [0.1, 0.15) is 0 Å². The number of aromatic nitrogens is 2. The highest BCUT2D eigenvalue weighted by Gasteiger charge is 2.47. The number of aliphatic carboxylic acids is 1. The number of carboxylic acid groups (broad SMARTS) is 1. The van der Waals surface area contributed by atoms with Crippen molar-refractivity contribution in [3.8, 4) is 0 Å². The van der Waals surface area contributed by atoms with E-state index in [1.807, 2.05) is 41.3 Å². The van der Waals surface area contributed by atoms with Crippen molar-refractivity contribution < 1.29 is 27.9 Å². The molecule has 2 aromatic rings. The van der Waals surface area contributed by atoms with E-state index in [4.69, 9.17) is 9.90 Å². The first-order valence-electron chi connectivity index (χ1n) is 8.46. The van der Waals surface area contributed by atoms with Gasteiger partial charge in [-0.2, -0.15) is 13.2 Å². The highest BCUT2D eigenvalue weighted by atomic mass is 19.4. The summed E-state index contributed by atoms with van der Waals surface area (Å²) in [6.07, 6.45) is -1.59. The number of carbonyl (C=O) groups excluding carboxylic acids is 1. The second kappa shape index (κ2) is 7.83. The van der Waals surface area contributed by atoms with E-state index in [2.05, 4.69) is 14.9 Å². The van der Waals surface area contributed by atoms with Crippen molar-refractivity contribution in [1.82, 2.24) is 9.97 Å². The third kappa shape index (κ3) is 4.21. The molecule has 0 bridgehead atoms. The SMILES string of the molecule is O=C(O)C(F)(F)F.O=C1C2CN(c3ncccn3)CC2CN1c1ccccc1. The number of fused-ring (bicyclic) bond motifs is 1. The summed E-state index contributed by atoms with van der Waals surface area (Å²) in [7, 11) is 0. The number of para-hydroxylation sites is 1. The van der Waals surface area contributed by atoms with Gasteiger partial charge in [-0.05, 0) is 18.2 Å². The summed E-state index contributed by atoms with van der Waals surface area (Å²) in [6.45, 7) is 2.36. The first-order valence-corrected chi connectivity index (χ1v) is 8.46. The normalized spacial score (nSPS) is 21.2. The molecule has 3 heterocycles. The van der Waals surface area contributed by atoms with E-state index in [-0.39, 0.29) is 11.8 Å². The lowest BCUT2D eigenvalue weighted by Gasteiger charge is -2.21. The van der Waals surface area contributed by atoms with Crippen LogP contribution in [0.4, 0.5) is 24.8 Å². The lowest BCUT2D eigenvalue weighted by molar-refractivity contribution is -0.192. The molecule has 0 spiro atoms. The molecule has 1 amide bonds. The molecule has 0 saturated carbocycles. The Kier molecular flexibility index (Phi) is 5.48. The second-order valence-corrected chi connectivity index (χ2v) is 6.41. The number of hydrogen-bond donors (Lipinski definition) is 1. The number of amides is 1. The van der Waals surface area contributed by atoms with E-state index in [1.54, 1.807) is 12.4 Å². The number of alkyl halides is 3. The maximum Gasteiger partial charge on any atom is 0.490 e. The van der Waals surface area contributed by atoms with Crippen LogP contribution >= 0.6 is 0 Å². The molecule has 148 valence electrons. The highest BCUT2D eigenvalue weighted by molar-refractivity contribution is 5.98. The molecule has 10 heteroatoms. The first kappa shape index (κ1) is 19.6. The fraction of sp³-hybridized carbons (Fsp3) is 0.333. The number of carboxylic acids is 1. The zero-order valence-electron chi connectivity index (χ0n) is 14.6. The Morgan fingerprint density at radius 3 is 2.18 bits per heavy atom. The Morgan fingerprint density at radius 1 is 1.04 bits per heavy atom. The topological polar surface area (TPSA) is 86.6 Å². The van der Waals surface area contributed by atoms with Gasteiger partial charge in [-0.15, -0.1) is 0 Å². The van der Waals surface area contributed by atoms with Gasteiger partial charge in [0, 0.05) is 43.6 Å². The minimum absolute atomic E-state index is 0.0639. The van der Waals surface area contributed by atoms with Crippen LogP contribution in [-0.4, -0.2) is 52.8 Å². The van der Waals surface area contributed by atoms with E-state index in [1.165, 1.54) is 0 Å². The Bertz CT molecular complexity index is 833. The Balaban J connectivity index is 0.000000279. The van der Waals surface area contributed by atoms with E-state index in [0.717, 1.165) is 31.3 Å². The van der Waals surface area contributed by atoms with Gasteiger partial charge in [0.25, 0.3) is 0 Å². The monoisotopic (exact) mass is 394 g/mol. The summed E-state index contributed by atoms with van der Waals surface area (Å²) < 4.78 is 31.7. The van der Waals surface area contributed by atoms with Gasteiger partial charge >= 0.3 is 12.1 Å². The molecular weight excluding hydrogens is 377 g/mol. The van der Waals surface area contributed by atoms with E-state index in [0.29, 0.717) is 5.92 Å². The van der Waals surface area contributed by atoms with Crippen molar-refractivity contribution in [2.45, 2.75) is 6.18 Å². The minimum atomic E-state index is -5.08. The predicted molar refractivity (Wildman–Crippen MR) is 93.7 cm³/mol. The largest absolute Gasteiger partial charge is 0.490 e. The van der Waals surface area contributed by atoms with Gasteiger partial charge in [-0.25, -0.2) is 14.8 Å². The van der Waals surface area contributed by atoms with Crippen molar-refractivity contribution in [3.05, 3.63) is 48.8 Å². The quantitative estimate of drug-likeness (QED) is 0.841. The van der Waals surface area contributed by atoms with Crippen LogP contribution in [0.5, 0.6) is 0 Å². The van der Waals surface area contributed by atoms with Crippen molar-refractivity contribution in [1.29, 1.82) is 0 Å². The molecule has 1 aromatic carbocycles. The maximum atomic E-state index is 12.6. The molecule has 7 nitrogen and oxygen atoms in total. The number of anilines is 2. The summed E-state index contributed by atoms with van der Waals surface area (Å²) in [5.74, 6) is -1.38. The average molecular weight is 394 g/mol. The van der Waals surface area contributed by atoms with Gasteiger partial charge in [-0.3, -0.25) is 4.79 Å². The molecule has 2 atom stereocenters. The lowest BCUT2D eigenvalue weighted by atomic mass is 10.0. The fourth-order valence-electron chi connectivity index (χ4n) is 3.32. The number of carbonyl (C=O) groups is 2. The van der Waals surface area contributed by atoms with Crippen LogP contribution in [0.2, 0.25) is 0 Å². The van der Waals surface area contributed by atoms with Crippen LogP contribution in [0.25, 0.3) is 0 Å². The number of benzene rings is 1. The van der Waals surface area contributed by atoms with Gasteiger partial charge in [0.15, 0.2) is 0 Å². The molecule has 1 aromatic heterocycles. The van der Waals surface area contributed by atoms with Gasteiger partial charge in [0.05, 0.1) is 5.92 Å². The number of rotatable bonds is 2. The first-order chi connectivity index (χ1) is 13.3. The van der Waals surface area contributed by atoms with Crippen molar-refractivity contribution in [2.75, 3.05) is 29.4 Å². The summed E-state index contributed by atoms with van der Waals surface area (Å²) in [5.41, 5.74) is 0.999. The van der Waals surface area contributed by atoms with Gasteiger partial charge < -0.3 is 14.9 Å². The smallest absolute Gasteiger partial charge is 0.475 e. The lowest BCUT2D eigenvalue weighted by Crippen LogP contribution is -2.33. The molecule has 0 radical (unpaired) electrons. The molecule has 2 unspecified atom stereocenters. The predicted octanol–water partition coefficient (Wildman–Crippen LogP) is 2.21. The second-order valence-electron chi connectivity index (χ2n) is 6.41. The molecular formula is C18H17F3N4O3. The van der Waals surface area contributed by atoms with E-state index >= 15 is 0 Å². The van der Waals surface area contributed by atoms with Crippen molar-refractivity contribution in [2.24, 2.45) is 11.8 Å².